The van der Waals surface area contributed by atoms with Crippen molar-refractivity contribution >= 4 is 0 Å². The molecule has 1 aromatic carbocycles. The second kappa shape index (κ2) is 6.93. The molecule has 1 rings (SSSR count). The molecule has 0 heterocycles. The first kappa shape index (κ1) is 13.5. The van der Waals surface area contributed by atoms with Gasteiger partial charge in [-0.15, -0.1) is 6.58 Å². The highest BCUT2D eigenvalue weighted by Crippen LogP contribution is 2.34. The Hall–Kier alpha value is -1.52. The summed E-state index contributed by atoms with van der Waals surface area (Å²) in [4.78, 5) is 0. The van der Waals surface area contributed by atoms with Crippen LogP contribution in [0.15, 0.2) is 30.9 Å². The Morgan fingerprint density at radius 1 is 1.41 bits per heavy atom. The smallest absolute Gasteiger partial charge is 0.165 e. The first-order chi connectivity index (χ1) is 8.28. The van der Waals surface area contributed by atoms with Gasteiger partial charge in [0.2, 0.25) is 0 Å². The van der Waals surface area contributed by atoms with Gasteiger partial charge >= 0.3 is 0 Å². The summed E-state index contributed by atoms with van der Waals surface area (Å²) in [5, 5.41) is 3.28. The van der Waals surface area contributed by atoms with Crippen molar-refractivity contribution in [2.45, 2.75) is 6.04 Å². The maximum absolute atomic E-state index is 5.77. The first-order valence-corrected chi connectivity index (χ1v) is 5.53. The summed E-state index contributed by atoms with van der Waals surface area (Å²) in [7, 11) is 3.25. The summed E-state index contributed by atoms with van der Waals surface area (Å²) in [5.74, 6) is 1.44. The summed E-state index contributed by atoms with van der Waals surface area (Å²) in [6.45, 7) is 4.86. The summed E-state index contributed by atoms with van der Waals surface area (Å²) >= 11 is 0. The van der Waals surface area contributed by atoms with Gasteiger partial charge in [0.1, 0.15) is 0 Å². The van der Waals surface area contributed by atoms with E-state index in [-0.39, 0.29) is 6.04 Å². The maximum atomic E-state index is 5.77. The monoisotopic (exact) mass is 236 g/mol. The van der Waals surface area contributed by atoms with Gasteiger partial charge in [-0.25, -0.2) is 0 Å². The summed E-state index contributed by atoms with van der Waals surface area (Å²) < 4.78 is 10.6. The normalized spacial score (nSPS) is 11.9. The van der Waals surface area contributed by atoms with Crippen molar-refractivity contribution in [1.29, 1.82) is 0 Å². The quantitative estimate of drug-likeness (QED) is 0.704. The van der Waals surface area contributed by atoms with Gasteiger partial charge in [-0.1, -0.05) is 18.2 Å². The van der Waals surface area contributed by atoms with Crippen LogP contribution in [0.25, 0.3) is 0 Å². The molecule has 1 aromatic rings. The van der Waals surface area contributed by atoms with E-state index < -0.39 is 0 Å². The highest BCUT2D eigenvalue weighted by Gasteiger charge is 2.16. The maximum Gasteiger partial charge on any atom is 0.165 e. The van der Waals surface area contributed by atoms with E-state index in [2.05, 4.69) is 11.9 Å². The van der Waals surface area contributed by atoms with Crippen LogP contribution in [0.5, 0.6) is 11.5 Å². The number of nitrogens with two attached hydrogens (primary N) is 1. The fraction of sp³-hybridized carbons (Fsp3) is 0.385. The van der Waals surface area contributed by atoms with Crippen LogP contribution in [0, 0.1) is 0 Å². The Kier molecular flexibility index (Phi) is 5.52. The van der Waals surface area contributed by atoms with E-state index in [1.165, 1.54) is 0 Å². The zero-order valence-corrected chi connectivity index (χ0v) is 10.4. The Labute approximate surface area is 102 Å². The third-order valence-electron chi connectivity index (χ3n) is 2.55. The lowest BCUT2D eigenvalue weighted by molar-refractivity contribution is 0.347. The van der Waals surface area contributed by atoms with Crippen molar-refractivity contribution in [2.24, 2.45) is 5.73 Å². The molecule has 1 atom stereocenters. The third kappa shape index (κ3) is 3.22. The van der Waals surface area contributed by atoms with E-state index in [0.29, 0.717) is 18.8 Å². The number of ether oxygens (including phenoxy) is 2. The van der Waals surface area contributed by atoms with Crippen LogP contribution in [0.1, 0.15) is 11.6 Å². The molecule has 0 radical (unpaired) electrons. The summed E-state index contributed by atoms with van der Waals surface area (Å²) in [5.41, 5.74) is 6.76. The van der Waals surface area contributed by atoms with Crippen LogP contribution >= 0.6 is 0 Å². The number of nitrogens with one attached hydrogen (secondary N) is 1. The lowest BCUT2D eigenvalue weighted by Gasteiger charge is -2.20. The molecular formula is C13H20N2O2. The van der Waals surface area contributed by atoms with Crippen molar-refractivity contribution < 1.29 is 9.47 Å². The summed E-state index contributed by atoms with van der Waals surface area (Å²) in [6, 6.07) is 5.80. The zero-order valence-electron chi connectivity index (χ0n) is 10.4. The molecule has 4 heteroatoms. The SMILES string of the molecule is C=CCNC(CN)c1cccc(OC)c1OC. The molecule has 0 aliphatic carbocycles. The minimum absolute atomic E-state index is 0.0260. The molecule has 0 aliphatic heterocycles. The number of para-hydroxylation sites is 1. The van der Waals surface area contributed by atoms with Gasteiger partial charge in [0, 0.05) is 24.7 Å². The van der Waals surface area contributed by atoms with Gasteiger partial charge in [-0.05, 0) is 6.07 Å². The molecule has 0 aromatic heterocycles. The Balaban J connectivity index is 3.04. The van der Waals surface area contributed by atoms with E-state index in [1.807, 2.05) is 18.2 Å². The highest BCUT2D eigenvalue weighted by molar-refractivity contribution is 5.48. The standard InChI is InChI=1S/C13H20N2O2/c1-4-8-15-11(9-14)10-6-5-7-12(16-2)13(10)17-3/h4-7,11,15H,1,8-9,14H2,2-3H3. The molecule has 0 fully saturated rings. The first-order valence-electron chi connectivity index (χ1n) is 5.53. The highest BCUT2D eigenvalue weighted by atomic mass is 16.5. The van der Waals surface area contributed by atoms with Gasteiger partial charge in [-0.2, -0.15) is 0 Å². The molecule has 0 bridgehead atoms. The number of benzene rings is 1. The van der Waals surface area contributed by atoms with E-state index in [0.717, 1.165) is 11.3 Å². The largest absolute Gasteiger partial charge is 0.493 e. The molecule has 0 saturated heterocycles. The van der Waals surface area contributed by atoms with E-state index >= 15 is 0 Å². The van der Waals surface area contributed by atoms with Crippen molar-refractivity contribution in [2.75, 3.05) is 27.3 Å². The molecule has 0 aliphatic rings. The van der Waals surface area contributed by atoms with E-state index in [1.54, 1.807) is 20.3 Å². The lowest BCUT2D eigenvalue weighted by Crippen LogP contribution is -2.28. The average molecular weight is 236 g/mol. The minimum atomic E-state index is 0.0260. The molecule has 4 nitrogen and oxygen atoms in total. The Morgan fingerprint density at radius 2 is 2.18 bits per heavy atom. The third-order valence-corrected chi connectivity index (χ3v) is 2.55. The van der Waals surface area contributed by atoms with Gasteiger partial charge in [-0.3, -0.25) is 0 Å². The number of methoxy groups -OCH3 is 2. The fourth-order valence-electron chi connectivity index (χ4n) is 1.73. The van der Waals surface area contributed by atoms with Gasteiger partial charge < -0.3 is 20.5 Å². The van der Waals surface area contributed by atoms with Crippen LogP contribution in [0.2, 0.25) is 0 Å². The summed E-state index contributed by atoms with van der Waals surface area (Å²) in [6.07, 6.45) is 1.80. The Bertz CT molecular complexity index is 366. The second-order valence-electron chi connectivity index (χ2n) is 3.57. The number of hydrogen-bond donors (Lipinski definition) is 2. The van der Waals surface area contributed by atoms with Crippen molar-refractivity contribution in [3.05, 3.63) is 36.4 Å². The van der Waals surface area contributed by atoms with Gasteiger partial charge in [0.05, 0.1) is 14.2 Å². The van der Waals surface area contributed by atoms with Crippen LogP contribution < -0.4 is 20.5 Å². The predicted octanol–water partition coefficient (Wildman–Crippen LogP) is 1.48. The number of rotatable bonds is 7. The number of hydrogen-bond acceptors (Lipinski definition) is 4. The predicted molar refractivity (Wildman–Crippen MR) is 69.5 cm³/mol. The van der Waals surface area contributed by atoms with Gasteiger partial charge in [0.25, 0.3) is 0 Å². The topological polar surface area (TPSA) is 56.5 Å². The molecule has 0 spiro atoms. The minimum Gasteiger partial charge on any atom is -0.493 e. The average Bonchev–Trinajstić information content (AvgIpc) is 2.39. The molecule has 0 amide bonds. The molecule has 0 saturated carbocycles. The van der Waals surface area contributed by atoms with Crippen LogP contribution in [0.4, 0.5) is 0 Å². The van der Waals surface area contributed by atoms with Crippen LogP contribution in [-0.2, 0) is 0 Å². The second-order valence-corrected chi connectivity index (χ2v) is 3.57. The molecule has 17 heavy (non-hydrogen) atoms. The van der Waals surface area contributed by atoms with Crippen molar-refractivity contribution in [3.63, 3.8) is 0 Å². The zero-order chi connectivity index (χ0) is 12.7. The van der Waals surface area contributed by atoms with E-state index in [4.69, 9.17) is 15.2 Å². The van der Waals surface area contributed by atoms with Crippen LogP contribution in [0.3, 0.4) is 0 Å². The lowest BCUT2D eigenvalue weighted by atomic mass is 10.0. The molecular weight excluding hydrogens is 216 g/mol. The van der Waals surface area contributed by atoms with Gasteiger partial charge in [0.15, 0.2) is 11.5 Å². The molecule has 94 valence electrons. The van der Waals surface area contributed by atoms with Crippen molar-refractivity contribution in [3.8, 4) is 11.5 Å². The Morgan fingerprint density at radius 3 is 2.71 bits per heavy atom. The molecule has 1 unspecified atom stereocenters. The fourth-order valence-corrected chi connectivity index (χ4v) is 1.73. The van der Waals surface area contributed by atoms with Crippen LogP contribution in [-0.4, -0.2) is 27.3 Å². The van der Waals surface area contributed by atoms with Crippen molar-refractivity contribution in [1.82, 2.24) is 5.32 Å². The molecule has 3 N–H and O–H groups in total. The van der Waals surface area contributed by atoms with E-state index in [9.17, 15) is 0 Å².